The summed E-state index contributed by atoms with van der Waals surface area (Å²) in [7, 11) is 1.56. The first-order valence-corrected chi connectivity index (χ1v) is 11.9. The summed E-state index contributed by atoms with van der Waals surface area (Å²) in [6.07, 6.45) is 0. The fraction of sp³-hybridized carbons (Fsp3) is 0.478. The van der Waals surface area contributed by atoms with Gasteiger partial charge in [-0.1, -0.05) is 25.6 Å². The normalized spacial score (nSPS) is 17.0. The number of benzene rings is 1. The molecule has 0 radical (unpaired) electrons. The Morgan fingerprint density at radius 2 is 1.82 bits per heavy atom. The molecule has 3 amide bonds. The van der Waals surface area contributed by atoms with Crippen LogP contribution in [-0.2, 0) is 9.59 Å². The zero-order valence-electron chi connectivity index (χ0n) is 19.6. The topological polar surface area (TPSA) is 118 Å². The van der Waals surface area contributed by atoms with E-state index in [1.807, 2.05) is 6.07 Å². The molecular formula is C23H32N6O3S. The van der Waals surface area contributed by atoms with Gasteiger partial charge < -0.3 is 25.8 Å². The van der Waals surface area contributed by atoms with Crippen molar-refractivity contribution in [2.75, 3.05) is 51.6 Å². The maximum atomic E-state index is 12.6. The molecule has 0 aliphatic carbocycles. The molecule has 1 unspecified atom stereocenters. The van der Waals surface area contributed by atoms with Crippen molar-refractivity contribution in [1.29, 1.82) is 5.26 Å². The lowest BCUT2D eigenvalue weighted by molar-refractivity contribution is -0.126. The van der Waals surface area contributed by atoms with E-state index in [9.17, 15) is 19.6 Å². The highest BCUT2D eigenvalue weighted by Gasteiger charge is 2.37. The third kappa shape index (κ3) is 6.97. The summed E-state index contributed by atoms with van der Waals surface area (Å²) in [5.41, 5.74) is 1.28. The van der Waals surface area contributed by atoms with Crippen molar-refractivity contribution in [2.24, 2.45) is 0 Å². The summed E-state index contributed by atoms with van der Waals surface area (Å²) < 4.78 is 0. The maximum absolute atomic E-state index is 12.6. The van der Waals surface area contributed by atoms with Gasteiger partial charge in [0.15, 0.2) is 0 Å². The lowest BCUT2D eigenvalue weighted by atomic mass is 10.2. The van der Waals surface area contributed by atoms with Crippen LogP contribution in [-0.4, -0.2) is 79.1 Å². The van der Waals surface area contributed by atoms with E-state index in [-0.39, 0.29) is 17.4 Å². The molecule has 33 heavy (non-hydrogen) atoms. The number of anilines is 1. The van der Waals surface area contributed by atoms with Gasteiger partial charge in [-0.15, -0.1) is 0 Å². The molecule has 0 aromatic heterocycles. The molecule has 3 N–H and O–H groups in total. The van der Waals surface area contributed by atoms with Crippen LogP contribution in [0.1, 0.15) is 31.1 Å². The summed E-state index contributed by atoms with van der Waals surface area (Å²) in [4.78, 5) is 40.6. The van der Waals surface area contributed by atoms with E-state index in [0.717, 1.165) is 25.3 Å². The highest BCUT2D eigenvalue weighted by atomic mass is 32.2. The lowest BCUT2D eigenvalue weighted by Gasteiger charge is -2.18. The standard InChI is InChI=1S/C23H32N6O3S/c1-5-25-21(31)18(14-24)23-28(4)22(32)19(33-23)15-27-17-10-8-16(9-11-17)20(30)26-12-13-29(6-2)7-3/h8-11,19,27H,5-7,12-13,15H2,1-4H3,(H,25,31)(H,26,30)/b23-18-. The minimum absolute atomic E-state index is 0.0587. The van der Waals surface area contributed by atoms with Crippen LogP contribution >= 0.6 is 11.8 Å². The van der Waals surface area contributed by atoms with E-state index in [2.05, 4.69) is 34.7 Å². The number of hydrogen-bond donors (Lipinski definition) is 3. The van der Waals surface area contributed by atoms with Crippen molar-refractivity contribution in [1.82, 2.24) is 20.4 Å². The van der Waals surface area contributed by atoms with Crippen LogP contribution in [0.4, 0.5) is 5.69 Å². The van der Waals surface area contributed by atoms with Gasteiger partial charge in [0.05, 0.1) is 0 Å². The summed E-state index contributed by atoms with van der Waals surface area (Å²) in [6.45, 7) is 9.97. The van der Waals surface area contributed by atoms with Gasteiger partial charge in [-0.25, -0.2) is 0 Å². The van der Waals surface area contributed by atoms with Gasteiger partial charge in [0.25, 0.3) is 11.8 Å². The third-order valence-electron chi connectivity index (χ3n) is 5.30. The Balaban J connectivity index is 1.93. The van der Waals surface area contributed by atoms with Crippen molar-refractivity contribution in [2.45, 2.75) is 26.0 Å². The van der Waals surface area contributed by atoms with Crippen LogP contribution < -0.4 is 16.0 Å². The smallest absolute Gasteiger partial charge is 0.264 e. The Morgan fingerprint density at radius 1 is 1.15 bits per heavy atom. The van der Waals surface area contributed by atoms with Crippen molar-refractivity contribution in [3.8, 4) is 6.07 Å². The molecule has 1 saturated heterocycles. The van der Waals surface area contributed by atoms with Crippen molar-refractivity contribution in [3.05, 3.63) is 40.4 Å². The van der Waals surface area contributed by atoms with Gasteiger partial charge in [0.1, 0.15) is 21.9 Å². The van der Waals surface area contributed by atoms with Gasteiger partial charge >= 0.3 is 0 Å². The monoisotopic (exact) mass is 472 g/mol. The number of carbonyl (C=O) groups excluding carboxylic acids is 3. The van der Waals surface area contributed by atoms with E-state index in [0.29, 0.717) is 30.2 Å². The van der Waals surface area contributed by atoms with Crippen LogP contribution in [0.3, 0.4) is 0 Å². The molecule has 1 aliphatic rings. The number of hydrogen-bond acceptors (Lipinski definition) is 7. The predicted octanol–water partition coefficient (Wildman–Crippen LogP) is 1.62. The molecule has 1 atom stereocenters. The van der Waals surface area contributed by atoms with Crippen molar-refractivity contribution in [3.63, 3.8) is 0 Å². The molecule has 178 valence electrons. The average Bonchev–Trinajstić information content (AvgIpc) is 3.10. The Morgan fingerprint density at radius 3 is 2.39 bits per heavy atom. The molecular weight excluding hydrogens is 440 g/mol. The average molecular weight is 473 g/mol. The van der Waals surface area contributed by atoms with Crippen LogP contribution in [0.5, 0.6) is 0 Å². The molecule has 2 rings (SSSR count). The van der Waals surface area contributed by atoms with Crippen molar-refractivity contribution < 1.29 is 14.4 Å². The second-order valence-corrected chi connectivity index (χ2v) is 8.59. The Kier molecular flexibility index (Phi) is 10.2. The first-order valence-electron chi connectivity index (χ1n) is 11.1. The highest BCUT2D eigenvalue weighted by molar-refractivity contribution is 8.04. The number of nitrogens with one attached hydrogen (secondary N) is 3. The largest absolute Gasteiger partial charge is 0.383 e. The minimum atomic E-state index is -0.485. The maximum Gasteiger partial charge on any atom is 0.264 e. The zero-order chi connectivity index (χ0) is 24.4. The predicted molar refractivity (Wildman–Crippen MR) is 131 cm³/mol. The first kappa shape index (κ1) is 26.2. The third-order valence-corrected chi connectivity index (χ3v) is 6.66. The van der Waals surface area contributed by atoms with Gasteiger partial charge in [0.2, 0.25) is 5.91 Å². The number of nitriles is 1. The van der Waals surface area contributed by atoms with Crippen molar-refractivity contribution >= 4 is 35.2 Å². The number of rotatable bonds is 11. The van der Waals surface area contributed by atoms with E-state index < -0.39 is 11.2 Å². The quantitative estimate of drug-likeness (QED) is 0.331. The fourth-order valence-corrected chi connectivity index (χ4v) is 4.50. The van der Waals surface area contributed by atoms with Gasteiger partial charge in [-0.05, 0) is 44.3 Å². The molecule has 0 saturated carbocycles. The summed E-state index contributed by atoms with van der Waals surface area (Å²) >= 11 is 1.20. The lowest BCUT2D eigenvalue weighted by Crippen LogP contribution is -2.34. The van der Waals surface area contributed by atoms with Crippen LogP contribution in [0.15, 0.2) is 34.9 Å². The Bertz CT molecular complexity index is 921. The van der Waals surface area contributed by atoms with Gasteiger partial charge in [-0.2, -0.15) is 5.26 Å². The van der Waals surface area contributed by atoms with Crippen LogP contribution in [0.2, 0.25) is 0 Å². The second-order valence-electron chi connectivity index (χ2n) is 7.40. The SMILES string of the molecule is CCNC(=O)/C(C#N)=C1\SC(CNc2ccc(C(=O)NCCN(CC)CC)cc2)C(=O)N1C. The van der Waals surface area contributed by atoms with E-state index >= 15 is 0 Å². The number of carbonyl (C=O) groups is 3. The number of thioether (sulfide) groups is 1. The Labute approximate surface area is 199 Å². The van der Waals surface area contributed by atoms with E-state index in [4.69, 9.17) is 0 Å². The molecule has 1 aliphatic heterocycles. The molecule has 0 bridgehead atoms. The molecule has 1 heterocycles. The Hall–Kier alpha value is -3.03. The summed E-state index contributed by atoms with van der Waals surface area (Å²) in [5.74, 6) is -0.786. The number of amides is 3. The van der Waals surface area contributed by atoms with Gasteiger partial charge in [-0.3, -0.25) is 14.4 Å². The van der Waals surface area contributed by atoms with Crippen LogP contribution in [0.25, 0.3) is 0 Å². The fourth-order valence-electron chi connectivity index (χ4n) is 3.30. The second kappa shape index (κ2) is 12.9. The molecule has 1 fully saturated rings. The highest BCUT2D eigenvalue weighted by Crippen LogP contribution is 2.36. The zero-order valence-corrected chi connectivity index (χ0v) is 20.4. The molecule has 1 aromatic carbocycles. The van der Waals surface area contributed by atoms with Crippen LogP contribution in [0, 0.1) is 11.3 Å². The minimum Gasteiger partial charge on any atom is -0.383 e. The molecule has 1 aromatic rings. The molecule has 0 spiro atoms. The molecule has 10 heteroatoms. The molecule has 9 nitrogen and oxygen atoms in total. The number of nitrogens with zero attached hydrogens (tertiary/aromatic N) is 3. The number of likely N-dealkylation sites (N-methyl/N-ethyl adjacent to an activating group) is 2. The van der Waals surface area contributed by atoms with E-state index in [1.54, 1.807) is 38.2 Å². The first-order chi connectivity index (χ1) is 15.9. The summed E-state index contributed by atoms with van der Waals surface area (Å²) in [6, 6.07) is 8.96. The summed E-state index contributed by atoms with van der Waals surface area (Å²) in [5, 5.41) is 18.0. The van der Waals surface area contributed by atoms with Gasteiger partial charge in [0, 0.05) is 44.5 Å². The van der Waals surface area contributed by atoms with E-state index in [1.165, 1.54) is 16.7 Å².